The Morgan fingerprint density at radius 2 is 1.58 bits per heavy atom. The topological polar surface area (TPSA) is 140 Å². The van der Waals surface area contributed by atoms with Crippen molar-refractivity contribution in [3.8, 4) is 11.5 Å². The second-order valence-electron chi connectivity index (χ2n) is 7.01. The average Bonchev–Trinajstić information content (AvgIpc) is 3.72. The molecule has 3 N–H and O–H groups in total. The predicted molar refractivity (Wildman–Crippen MR) is 122 cm³/mol. The minimum absolute atomic E-state index is 0.0370. The fourth-order valence-electron chi connectivity index (χ4n) is 1.94. The van der Waals surface area contributed by atoms with Crippen molar-refractivity contribution < 1.29 is 48.5 Å². The van der Waals surface area contributed by atoms with E-state index in [1.54, 1.807) is 0 Å². The number of phenols is 1. The van der Waals surface area contributed by atoms with Gasteiger partial charge in [0.05, 0.1) is 46.2 Å². The van der Waals surface area contributed by atoms with Crippen LogP contribution in [0.4, 0.5) is 0 Å². The van der Waals surface area contributed by atoms with E-state index in [1.807, 2.05) is 20.8 Å². The molecule has 0 bridgehead atoms. The van der Waals surface area contributed by atoms with Gasteiger partial charge in [-0.3, -0.25) is 4.79 Å². The normalized spacial score (nSPS) is 18.4. The summed E-state index contributed by atoms with van der Waals surface area (Å²) in [7, 11) is 1.43. The Morgan fingerprint density at radius 3 is 1.91 bits per heavy atom. The van der Waals surface area contributed by atoms with Crippen LogP contribution in [0, 0.1) is 0 Å². The molecule has 0 aromatic heterocycles. The summed E-state index contributed by atoms with van der Waals surface area (Å²) in [4.78, 5) is 10.2. The number of aliphatic hydroxyl groups excluding tert-OH is 2. The van der Waals surface area contributed by atoms with E-state index in [0.717, 1.165) is 39.6 Å². The number of aldehydes is 1. The van der Waals surface area contributed by atoms with Gasteiger partial charge in [0.25, 0.3) is 0 Å². The van der Waals surface area contributed by atoms with Crippen LogP contribution < -0.4 is 4.74 Å². The van der Waals surface area contributed by atoms with Crippen LogP contribution in [0.2, 0.25) is 0 Å². The lowest BCUT2D eigenvalue weighted by Gasteiger charge is -2.09. The standard InChI is InChI=1S/C8H8O3.C6H10O3.C6H14O2.C3H8O2/c1-11-8-4-6(5-9)2-3-7(8)10;1(5-3-8-5)7-2-6-4-9-6;1-4-7-6(3)8-5-2;1-3(5)2-4/h2-5,10H,1H3;5-6H,1-4H2;6H,4-5H2,1-3H3;3-5H,2H2,1H3. The Bertz CT molecular complexity index is 585. The lowest BCUT2D eigenvalue weighted by molar-refractivity contribution is -0.123. The second kappa shape index (κ2) is 19.7. The van der Waals surface area contributed by atoms with Crippen LogP contribution in [0.25, 0.3) is 0 Å². The first kappa shape index (κ1) is 31.2. The Balaban J connectivity index is 0.000000429. The summed E-state index contributed by atoms with van der Waals surface area (Å²) in [6.45, 7) is 11.9. The van der Waals surface area contributed by atoms with E-state index in [4.69, 9.17) is 43.7 Å². The maximum absolute atomic E-state index is 10.2. The van der Waals surface area contributed by atoms with Gasteiger partial charge in [0.2, 0.25) is 0 Å². The van der Waals surface area contributed by atoms with Crippen molar-refractivity contribution in [2.75, 3.05) is 53.4 Å². The zero-order valence-electron chi connectivity index (χ0n) is 20.3. The van der Waals surface area contributed by atoms with E-state index < -0.39 is 6.10 Å². The number of hydrogen-bond donors (Lipinski definition) is 3. The van der Waals surface area contributed by atoms with Gasteiger partial charge in [0, 0.05) is 18.8 Å². The van der Waals surface area contributed by atoms with Gasteiger partial charge >= 0.3 is 0 Å². The molecule has 0 spiro atoms. The third-order valence-corrected chi connectivity index (χ3v) is 3.82. The van der Waals surface area contributed by atoms with E-state index in [1.165, 1.54) is 32.2 Å². The van der Waals surface area contributed by atoms with Gasteiger partial charge in [0.15, 0.2) is 17.8 Å². The molecule has 10 nitrogen and oxygen atoms in total. The van der Waals surface area contributed by atoms with Crippen molar-refractivity contribution in [3.05, 3.63) is 23.8 Å². The van der Waals surface area contributed by atoms with E-state index in [-0.39, 0.29) is 18.6 Å². The largest absolute Gasteiger partial charge is 0.504 e. The highest BCUT2D eigenvalue weighted by atomic mass is 16.7. The maximum Gasteiger partial charge on any atom is 0.161 e. The molecule has 33 heavy (non-hydrogen) atoms. The quantitative estimate of drug-likeness (QED) is 0.246. The zero-order valence-corrected chi connectivity index (χ0v) is 20.3. The fraction of sp³-hybridized carbons (Fsp3) is 0.696. The molecule has 2 heterocycles. The zero-order chi connectivity index (χ0) is 25.1. The molecular weight excluding hydrogens is 436 g/mol. The predicted octanol–water partition coefficient (Wildman–Crippen LogP) is 1.78. The van der Waals surface area contributed by atoms with Gasteiger partial charge in [-0.25, -0.2) is 0 Å². The summed E-state index contributed by atoms with van der Waals surface area (Å²) < 4.78 is 30.0. The van der Waals surface area contributed by atoms with Crippen molar-refractivity contribution in [2.24, 2.45) is 0 Å². The number of benzene rings is 1. The first-order chi connectivity index (χ1) is 15.8. The molecule has 0 radical (unpaired) electrons. The van der Waals surface area contributed by atoms with Crippen molar-refractivity contribution in [3.63, 3.8) is 0 Å². The van der Waals surface area contributed by atoms with Crippen molar-refractivity contribution in [1.29, 1.82) is 0 Å². The van der Waals surface area contributed by atoms with Crippen LogP contribution in [0.5, 0.6) is 11.5 Å². The van der Waals surface area contributed by atoms with Gasteiger partial charge in [-0.05, 0) is 45.9 Å². The van der Waals surface area contributed by atoms with Crippen LogP contribution in [0.3, 0.4) is 0 Å². The van der Waals surface area contributed by atoms with E-state index >= 15 is 0 Å². The van der Waals surface area contributed by atoms with Gasteiger partial charge < -0.3 is 43.7 Å². The van der Waals surface area contributed by atoms with Crippen molar-refractivity contribution in [1.82, 2.24) is 0 Å². The number of carbonyl (C=O) groups excluding carboxylic acids is 1. The summed E-state index contributed by atoms with van der Waals surface area (Å²) >= 11 is 0. The minimum atomic E-state index is -0.560. The molecule has 1 aromatic rings. The first-order valence-corrected chi connectivity index (χ1v) is 11.0. The van der Waals surface area contributed by atoms with Crippen LogP contribution in [-0.2, 0) is 23.7 Å². The highest BCUT2D eigenvalue weighted by Crippen LogP contribution is 2.25. The number of carbonyl (C=O) groups is 1. The van der Waals surface area contributed by atoms with E-state index in [0.29, 0.717) is 29.8 Å². The highest BCUT2D eigenvalue weighted by molar-refractivity contribution is 5.76. The monoisotopic (exact) mass is 476 g/mol. The molecule has 2 saturated heterocycles. The fourth-order valence-corrected chi connectivity index (χ4v) is 1.94. The molecule has 3 atom stereocenters. The summed E-state index contributed by atoms with van der Waals surface area (Å²) in [6, 6.07) is 4.41. The second-order valence-corrected chi connectivity index (χ2v) is 7.01. The SMILES string of the molecule is C(OCC1CO1)C1CO1.CC(O)CO.CCOC(C)OCC.COc1cc(C=O)ccc1O. The number of ether oxygens (including phenoxy) is 6. The van der Waals surface area contributed by atoms with E-state index in [2.05, 4.69) is 0 Å². The summed E-state index contributed by atoms with van der Waals surface area (Å²) in [5, 5.41) is 25.1. The first-order valence-electron chi connectivity index (χ1n) is 11.0. The lowest BCUT2D eigenvalue weighted by Crippen LogP contribution is -2.11. The Labute approximate surface area is 196 Å². The van der Waals surface area contributed by atoms with Gasteiger partial charge in [0.1, 0.15) is 18.5 Å². The van der Waals surface area contributed by atoms with Crippen LogP contribution in [-0.4, -0.2) is 99.6 Å². The van der Waals surface area contributed by atoms with Gasteiger partial charge in [-0.2, -0.15) is 0 Å². The molecule has 1 aromatic carbocycles. The van der Waals surface area contributed by atoms with Gasteiger partial charge in [-0.15, -0.1) is 0 Å². The minimum Gasteiger partial charge on any atom is -0.504 e. The van der Waals surface area contributed by atoms with Crippen molar-refractivity contribution >= 4 is 6.29 Å². The number of epoxide rings is 2. The Kier molecular flexibility index (Phi) is 18.6. The number of aliphatic hydroxyl groups is 2. The molecule has 2 fully saturated rings. The summed E-state index contributed by atoms with van der Waals surface area (Å²) in [5.41, 5.74) is 0.486. The Morgan fingerprint density at radius 1 is 1.09 bits per heavy atom. The molecular formula is C23H40O10. The lowest BCUT2D eigenvalue weighted by atomic mass is 10.2. The number of aromatic hydroxyl groups is 1. The molecule has 10 heteroatoms. The average molecular weight is 477 g/mol. The molecule has 2 aliphatic heterocycles. The Hall–Kier alpha value is -1.79. The number of methoxy groups -OCH3 is 1. The maximum atomic E-state index is 10.2. The molecule has 0 amide bonds. The molecule has 2 aliphatic rings. The van der Waals surface area contributed by atoms with Gasteiger partial charge in [-0.1, -0.05) is 0 Å². The molecule has 192 valence electrons. The van der Waals surface area contributed by atoms with E-state index in [9.17, 15) is 4.79 Å². The van der Waals surface area contributed by atoms with Crippen LogP contribution in [0.1, 0.15) is 38.1 Å². The number of phenolic OH excluding ortho intramolecular Hbond substituents is 1. The molecule has 3 unspecified atom stereocenters. The van der Waals surface area contributed by atoms with Crippen molar-refractivity contribution in [2.45, 2.75) is 52.3 Å². The molecule has 0 saturated carbocycles. The third-order valence-electron chi connectivity index (χ3n) is 3.82. The smallest absolute Gasteiger partial charge is 0.161 e. The van der Waals surface area contributed by atoms with Crippen LogP contribution >= 0.6 is 0 Å². The molecule has 0 aliphatic carbocycles. The number of hydrogen-bond acceptors (Lipinski definition) is 10. The summed E-state index contributed by atoms with van der Waals surface area (Å²) in [6.07, 6.45) is 0.884. The van der Waals surface area contributed by atoms with Crippen LogP contribution in [0.15, 0.2) is 18.2 Å². The molecule has 3 rings (SSSR count). The third kappa shape index (κ3) is 19.4. The number of rotatable bonds is 11. The summed E-state index contributed by atoms with van der Waals surface area (Å²) in [5.74, 6) is 0.354. The highest BCUT2D eigenvalue weighted by Gasteiger charge is 2.26.